The van der Waals surface area contributed by atoms with Crippen LogP contribution in [0.1, 0.15) is 31.0 Å². The summed E-state index contributed by atoms with van der Waals surface area (Å²) in [4.78, 5) is 4.34. The van der Waals surface area contributed by atoms with Gasteiger partial charge in [0.05, 0.1) is 17.9 Å². The largest absolute Gasteiger partial charge is 0.375 e. The van der Waals surface area contributed by atoms with Gasteiger partial charge in [0.25, 0.3) is 0 Å². The van der Waals surface area contributed by atoms with E-state index in [2.05, 4.69) is 53.6 Å². The lowest BCUT2D eigenvalue weighted by Crippen LogP contribution is -2.49. The second-order valence-electron chi connectivity index (χ2n) is 7.82. The highest BCUT2D eigenvalue weighted by molar-refractivity contribution is 7.80. The van der Waals surface area contributed by atoms with Gasteiger partial charge in [-0.15, -0.1) is 0 Å². The Hall–Kier alpha value is -2.58. The van der Waals surface area contributed by atoms with Gasteiger partial charge in [-0.1, -0.05) is 44.2 Å². The SMILES string of the molecule is CC(C)CN1CCN(c2cc(F)c(C=NNC(N)=S)cc2F)C[C@H]1c1ccccc1. The van der Waals surface area contributed by atoms with Crippen molar-refractivity contribution in [1.29, 1.82) is 0 Å². The highest BCUT2D eigenvalue weighted by Crippen LogP contribution is 2.31. The molecule has 1 atom stereocenters. The summed E-state index contributed by atoms with van der Waals surface area (Å²) in [6, 6.07) is 12.7. The normalized spacial score (nSPS) is 17.6. The monoisotopic (exact) mass is 431 g/mol. The number of hydrogen-bond acceptors (Lipinski definition) is 4. The van der Waals surface area contributed by atoms with Crippen molar-refractivity contribution in [1.82, 2.24) is 10.3 Å². The van der Waals surface area contributed by atoms with E-state index in [0.717, 1.165) is 25.4 Å². The van der Waals surface area contributed by atoms with E-state index in [-0.39, 0.29) is 22.4 Å². The predicted octanol–water partition coefficient (Wildman–Crippen LogP) is 3.65. The van der Waals surface area contributed by atoms with Gasteiger partial charge < -0.3 is 10.6 Å². The van der Waals surface area contributed by atoms with E-state index in [0.29, 0.717) is 19.0 Å². The number of benzene rings is 2. The summed E-state index contributed by atoms with van der Waals surface area (Å²) in [6.07, 6.45) is 1.16. The summed E-state index contributed by atoms with van der Waals surface area (Å²) >= 11 is 4.64. The van der Waals surface area contributed by atoms with Crippen molar-refractivity contribution in [2.24, 2.45) is 16.8 Å². The zero-order valence-corrected chi connectivity index (χ0v) is 18.0. The molecular weight excluding hydrogens is 404 g/mol. The van der Waals surface area contributed by atoms with Crippen molar-refractivity contribution in [2.75, 3.05) is 31.1 Å². The Labute approximate surface area is 181 Å². The number of nitrogens with one attached hydrogen (secondary N) is 1. The molecule has 0 aliphatic carbocycles. The molecule has 3 rings (SSSR count). The van der Waals surface area contributed by atoms with E-state index >= 15 is 0 Å². The molecule has 1 aliphatic rings. The Bertz CT molecular complexity index is 904. The molecule has 0 bridgehead atoms. The molecule has 30 heavy (non-hydrogen) atoms. The Morgan fingerprint density at radius 2 is 1.97 bits per heavy atom. The molecule has 8 heteroatoms. The van der Waals surface area contributed by atoms with E-state index < -0.39 is 11.6 Å². The number of thiocarbonyl (C=S) groups is 1. The first kappa shape index (κ1) is 22.1. The van der Waals surface area contributed by atoms with Crippen LogP contribution in [0.15, 0.2) is 47.6 Å². The maximum absolute atomic E-state index is 14.9. The molecule has 1 fully saturated rings. The number of nitrogens with two attached hydrogens (primary N) is 1. The summed E-state index contributed by atoms with van der Waals surface area (Å²) in [5.74, 6) is -0.524. The second-order valence-corrected chi connectivity index (χ2v) is 8.26. The van der Waals surface area contributed by atoms with Gasteiger partial charge in [-0.25, -0.2) is 8.78 Å². The molecule has 0 aromatic heterocycles. The standard InChI is InChI=1S/C22H27F2N5S/c1-15(2)13-28-8-9-29(14-21(28)16-6-4-3-5-7-16)20-11-18(23)17(10-19(20)24)12-26-27-22(25)30/h3-7,10-12,15,21H,8-9,13-14H2,1-2H3,(H3,25,27,30)/t21-/m0/s1. The highest BCUT2D eigenvalue weighted by Gasteiger charge is 2.30. The molecule has 3 N–H and O–H groups in total. The van der Waals surface area contributed by atoms with Crippen molar-refractivity contribution in [3.05, 3.63) is 65.2 Å². The summed E-state index contributed by atoms with van der Waals surface area (Å²) < 4.78 is 29.5. The molecule has 2 aromatic rings. The molecule has 0 radical (unpaired) electrons. The number of anilines is 1. The third-order valence-electron chi connectivity index (χ3n) is 5.06. The summed E-state index contributed by atoms with van der Waals surface area (Å²) in [5.41, 5.74) is 9.08. The number of hydrazone groups is 1. The van der Waals surface area contributed by atoms with Crippen LogP contribution in [-0.2, 0) is 0 Å². The molecular formula is C22H27F2N5S. The zero-order chi connectivity index (χ0) is 21.7. The van der Waals surface area contributed by atoms with Gasteiger partial charge >= 0.3 is 0 Å². The van der Waals surface area contributed by atoms with E-state index in [9.17, 15) is 8.78 Å². The number of piperazine rings is 1. The topological polar surface area (TPSA) is 56.9 Å². The van der Waals surface area contributed by atoms with Crippen molar-refractivity contribution >= 4 is 29.2 Å². The first-order chi connectivity index (χ1) is 14.3. The molecule has 5 nitrogen and oxygen atoms in total. The lowest BCUT2D eigenvalue weighted by atomic mass is 10.00. The van der Waals surface area contributed by atoms with Gasteiger partial charge in [0.2, 0.25) is 0 Å². The van der Waals surface area contributed by atoms with E-state index in [4.69, 9.17) is 5.73 Å². The predicted molar refractivity (Wildman–Crippen MR) is 122 cm³/mol. The Balaban J connectivity index is 1.84. The first-order valence-corrected chi connectivity index (χ1v) is 10.4. The summed E-state index contributed by atoms with van der Waals surface area (Å²) in [6.45, 7) is 7.33. The fourth-order valence-corrected chi connectivity index (χ4v) is 3.83. The Kier molecular flexibility index (Phi) is 7.33. The Morgan fingerprint density at radius 1 is 1.23 bits per heavy atom. The van der Waals surface area contributed by atoms with Gasteiger partial charge in [0.1, 0.15) is 11.6 Å². The van der Waals surface area contributed by atoms with Crippen LogP contribution in [0.2, 0.25) is 0 Å². The van der Waals surface area contributed by atoms with Crippen molar-refractivity contribution in [3.63, 3.8) is 0 Å². The average molecular weight is 432 g/mol. The third kappa shape index (κ3) is 5.52. The Morgan fingerprint density at radius 3 is 2.63 bits per heavy atom. The molecule has 0 spiro atoms. The van der Waals surface area contributed by atoms with Gasteiger partial charge in [0, 0.05) is 37.8 Å². The molecule has 0 unspecified atom stereocenters. The first-order valence-electron chi connectivity index (χ1n) is 9.96. The van der Waals surface area contributed by atoms with Crippen LogP contribution in [-0.4, -0.2) is 42.4 Å². The van der Waals surface area contributed by atoms with Crippen LogP contribution in [0, 0.1) is 17.6 Å². The fraction of sp³-hybridized carbons (Fsp3) is 0.364. The maximum atomic E-state index is 14.9. The van der Waals surface area contributed by atoms with Crippen LogP contribution in [0.3, 0.4) is 0 Å². The number of nitrogens with zero attached hydrogens (tertiary/aromatic N) is 3. The zero-order valence-electron chi connectivity index (χ0n) is 17.2. The molecule has 1 heterocycles. The highest BCUT2D eigenvalue weighted by atomic mass is 32.1. The minimum Gasteiger partial charge on any atom is -0.375 e. The molecule has 1 aliphatic heterocycles. The smallest absolute Gasteiger partial charge is 0.184 e. The van der Waals surface area contributed by atoms with Gasteiger partial charge in [-0.3, -0.25) is 10.3 Å². The summed E-state index contributed by atoms with van der Waals surface area (Å²) in [7, 11) is 0. The minimum absolute atomic E-state index is 0.0260. The molecule has 160 valence electrons. The van der Waals surface area contributed by atoms with Crippen LogP contribution in [0.5, 0.6) is 0 Å². The van der Waals surface area contributed by atoms with Crippen LogP contribution in [0.25, 0.3) is 0 Å². The summed E-state index contributed by atoms with van der Waals surface area (Å²) in [5, 5.41) is 3.66. The molecule has 0 saturated carbocycles. The second kappa shape index (κ2) is 9.95. The average Bonchev–Trinajstić information content (AvgIpc) is 2.70. The van der Waals surface area contributed by atoms with Gasteiger partial charge in [0.15, 0.2) is 5.11 Å². The number of hydrogen-bond donors (Lipinski definition) is 2. The molecule has 1 saturated heterocycles. The molecule has 0 amide bonds. The van der Waals surface area contributed by atoms with Crippen molar-refractivity contribution in [3.8, 4) is 0 Å². The maximum Gasteiger partial charge on any atom is 0.184 e. The lowest BCUT2D eigenvalue weighted by molar-refractivity contribution is 0.158. The lowest BCUT2D eigenvalue weighted by Gasteiger charge is -2.43. The van der Waals surface area contributed by atoms with Crippen LogP contribution >= 0.6 is 12.2 Å². The van der Waals surface area contributed by atoms with Crippen molar-refractivity contribution < 1.29 is 8.78 Å². The van der Waals surface area contributed by atoms with E-state index in [1.54, 1.807) is 0 Å². The molecule has 2 aromatic carbocycles. The van der Waals surface area contributed by atoms with Crippen molar-refractivity contribution in [2.45, 2.75) is 19.9 Å². The van der Waals surface area contributed by atoms with E-state index in [1.165, 1.54) is 11.6 Å². The fourth-order valence-electron chi connectivity index (χ4n) is 3.78. The van der Waals surface area contributed by atoms with Crippen LogP contribution in [0.4, 0.5) is 14.5 Å². The third-order valence-corrected chi connectivity index (χ3v) is 5.15. The van der Waals surface area contributed by atoms with Gasteiger partial charge in [-0.05, 0) is 29.8 Å². The van der Waals surface area contributed by atoms with Crippen LogP contribution < -0.4 is 16.1 Å². The quantitative estimate of drug-likeness (QED) is 0.415. The number of halogens is 2. The van der Waals surface area contributed by atoms with E-state index in [1.807, 2.05) is 23.1 Å². The number of rotatable bonds is 6. The van der Waals surface area contributed by atoms with Gasteiger partial charge in [-0.2, -0.15) is 5.10 Å². The minimum atomic E-state index is -0.555.